The molecule has 0 radical (unpaired) electrons. The minimum atomic E-state index is -1.08. The van der Waals surface area contributed by atoms with Gasteiger partial charge >= 0.3 is 17.9 Å². The van der Waals surface area contributed by atoms with Gasteiger partial charge in [-0.1, -0.05) is 48.0 Å². The van der Waals surface area contributed by atoms with Crippen molar-refractivity contribution in [3.63, 3.8) is 0 Å². The highest BCUT2D eigenvalue weighted by molar-refractivity contribution is 6.00. The Hall–Kier alpha value is -5.78. The predicted molar refractivity (Wildman–Crippen MR) is 157 cm³/mol. The summed E-state index contributed by atoms with van der Waals surface area (Å²) in [6.07, 6.45) is 0.678. The van der Waals surface area contributed by atoms with Crippen LogP contribution < -0.4 is 14.2 Å². The lowest BCUT2D eigenvalue weighted by Crippen LogP contribution is -2.25. The van der Waals surface area contributed by atoms with E-state index in [9.17, 15) is 19.2 Å². The third kappa shape index (κ3) is 6.33. The number of benzene rings is 3. The summed E-state index contributed by atoms with van der Waals surface area (Å²) in [4.78, 5) is 48.6. The van der Waals surface area contributed by atoms with E-state index in [2.05, 4.69) is 5.10 Å². The molecule has 4 aromatic rings. The van der Waals surface area contributed by atoms with Gasteiger partial charge in [-0.15, -0.1) is 5.10 Å². The molecule has 12 nitrogen and oxygen atoms in total. The summed E-state index contributed by atoms with van der Waals surface area (Å²) in [5.74, 6) is -3.08. The van der Waals surface area contributed by atoms with Crippen molar-refractivity contribution >= 4 is 29.7 Å². The van der Waals surface area contributed by atoms with Gasteiger partial charge in [0.25, 0.3) is 0 Å². The van der Waals surface area contributed by atoms with Crippen LogP contribution in [0.25, 0.3) is 16.9 Å². The number of ether oxygens (including phenoxy) is 4. The number of carbonyl (C=O) groups is 4. The fraction of sp³-hybridized carbons (Fsp3) is 0.188. The molecule has 0 N–H and O–H groups in total. The number of rotatable bonds is 7. The average Bonchev–Trinajstić information content (AvgIpc) is 3.60. The summed E-state index contributed by atoms with van der Waals surface area (Å²) in [5, 5.41) is 10.4. The molecule has 2 heterocycles. The van der Waals surface area contributed by atoms with Gasteiger partial charge in [0.05, 0.1) is 16.8 Å². The molecule has 0 aliphatic carbocycles. The van der Waals surface area contributed by atoms with E-state index in [-0.39, 0.29) is 28.7 Å². The molecule has 224 valence electrons. The van der Waals surface area contributed by atoms with Crippen LogP contribution >= 0.6 is 0 Å². The summed E-state index contributed by atoms with van der Waals surface area (Å²) in [6.45, 7) is 6.82. The third-order valence-corrected chi connectivity index (χ3v) is 6.36. The highest BCUT2D eigenvalue weighted by Gasteiger charge is 2.38. The highest BCUT2D eigenvalue weighted by atomic mass is 16.6. The monoisotopic (exact) mass is 596 g/mol. The van der Waals surface area contributed by atoms with Gasteiger partial charge in [0.2, 0.25) is 18.0 Å². The molecular weight excluding hydrogens is 568 g/mol. The van der Waals surface area contributed by atoms with Gasteiger partial charge in [0.15, 0.2) is 11.5 Å². The van der Waals surface area contributed by atoms with Gasteiger partial charge < -0.3 is 18.9 Å². The Morgan fingerprint density at radius 2 is 1.36 bits per heavy atom. The number of hydrazone groups is 1. The van der Waals surface area contributed by atoms with Crippen LogP contribution in [0, 0.1) is 6.92 Å². The van der Waals surface area contributed by atoms with Crippen molar-refractivity contribution in [3.8, 4) is 34.2 Å². The van der Waals surface area contributed by atoms with Gasteiger partial charge in [0, 0.05) is 51.6 Å². The number of aryl methyl sites for hydroxylation is 1. The zero-order chi connectivity index (χ0) is 31.5. The molecule has 0 saturated carbocycles. The van der Waals surface area contributed by atoms with Crippen LogP contribution in [-0.4, -0.2) is 44.5 Å². The standard InChI is InChI=1S/C32H28N4O8/c1-18-11-13-23(14-12-18)30-26(17-35(33-30)24-9-7-6-8-10-24)32-36(19(2)37)34-31(44-32)25-15-28(42-21(4)39)29(43-22(5)40)16-27(25)41-20(3)38/h6-17,32H,1-5H3. The molecule has 1 atom stereocenters. The van der Waals surface area contributed by atoms with Crippen molar-refractivity contribution in [1.82, 2.24) is 14.8 Å². The lowest BCUT2D eigenvalue weighted by atomic mass is 10.1. The van der Waals surface area contributed by atoms with E-state index >= 15 is 0 Å². The number of hydrogen-bond donors (Lipinski definition) is 0. The SMILES string of the molecule is CC(=O)Oc1cc(OC(C)=O)c(C2=NN(C(C)=O)C(c3cn(-c4ccccc4)nc3-c3ccc(C)cc3)O2)cc1OC(C)=O. The minimum absolute atomic E-state index is 0.0634. The molecule has 3 aromatic carbocycles. The lowest BCUT2D eigenvalue weighted by molar-refractivity contribution is -0.135. The predicted octanol–water partition coefficient (Wildman–Crippen LogP) is 4.86. The number of amides is 1. The van der Waals surface area contributed by atoms with E-state index in [4.69, 9.17) is 24.0 Å². The number of hydrogen-bond acceptors (Lipinski definition) is 10. The van der Waals surface area contributed by atoms with Crippen LogP contribution in [-0.2, 0) is 23.9 Å². The van der Waals surface area contributed by atoms with Gasteiger partial charge in [0.1, 0.15) is 11.4 Å². The van der Waals surface area contributed by atoms with Crippen molar-refractivity contribution < 1.29 is 38.1 Å². The Morgan fingerprint density at radius 1 is 0.773 bits per heavy atom. The lowest BCUT2D eigenvalue weighted by Gasteiger charge is -2.19. The first-order valence-electron chi connectivity index (χ1n) is 13.5. The molecule has 0 spiro atoms. The third-order valence-electron chi connectivity index (χ3n) is 6.36. The first kappa shape index (κ1) is 29.7. The quantitative estimate of drug-likeness (QED) is 0.216. The molecule has 0 bridgehead atoms. The van der Waals surface area contributed by atoms with Crippen LogP contribution in [0.5, 0.6) is 17.2 Å². The fourth-order valence-electron chi connectivity index (χ4n) is 4.51. The summed E-state index contributed by atoms with van der Waals surface area (Å²) in [5.41, 5.74) is 3.76. The van der Waals surface area contributed by atoms with Crippen LogP contribution in [0.4, 0.5) is 0 Å². The molecule has 1 unspecified atom stereocenters. The van der Waals surface area contributed by atoms with Crippen LogP contribution in [0.2, 0.25) is 0 Å². The maximum atomic E-state index is 12.9. The van der Waals surface area contributed by atoms with Gasteiger partial charge in [-0.25, -0.2) is 4.68 Å². The van der Waals surface area contributed by atoms with Gasteiger partial charge in [-0.3, -0.25) is 19.2 Å². The van der Waals surface area contributed by atoms with E-state index in [1.165, 1.54) is 32.9 Å². The maximum Gasteiger partial charge on any atom is 0.308 e. The first-order chi connectivity index (χ1) is 21.0. The second-order valence-corrected chi connectivity index (χ2v) is 9.89. The average molecular weight is 597 g/mol. The summed E-state index contributed by atoms with van der Waals surface area (Å²) in [7, 11) is 0. The normalized spacial score (nSPS) is 14.0. The van der Waals surface area contributed by atoms with Gasteiger partial charge in [-0.2, -0.15) is 10.1 Å². The Balaban J connectivity index is 1.64. The zero-order valence-electron chi connectivity index (χ0n) is 24.6. The number of esters is 3. The Kier molecular flexibility index (Phi) is 8.25. The zero-order valence-corrected chi connectivity index (χ0v) is 24.6. The molecule has 44 heavy (non-hydrogen) atoms. The van der Waals surface area contributed by atoms with Crippen LogP contribution in [0.15, 0.2) is 78.0 Å². The van der Waals surface area contributed by atoms with Crippen LogP contribution in [0.1, 0.15) is 50.6 Å². The topological polar surface area (TPSA) is 139 Å². The molecule has 1 aliphatic heterocycles. The summed E-state index contributed by atoms with van der Waals surface area (Å²) < 4.78 is 23.8. The summed E-state index contributed by atoms with van der Waals surface area (Å²) in [6, 6.07) is 19.7. The molecule has 0 saturated heterocycles. The maximum absolute atomic E-state index is 12.9. The van der Waals surface area contributed by atoms with Crippen molar-refractivity contribution in [2.45, 2.75) is 40.8 Å². The Labute approximate surface area is 252 Å². The smallest absolute Gasteiger partial charge is 0.308 e. The fourth-order valence-corrected chi connectivity index (χ4v) is 4.51. The van der Waals surface area contributed by atoms with Crippen molar-refractivity contribution in [2.24, 2.45) is 5.10 Å². The van der Waals surface area contributed by atoms with Crippen molar-refractivity contribution in [2.75, 3.05) is 0 Å². The molecule has 12 heteroatoms. The van der Waals surface area contributed by atoms with E-state index in [1.807, 2.05) is 61.5 Å². The van der Waals surface area contributed by atoms with E-state index in [0.717, 1.165) is 28.7 Å². The number of carbonyl (C=O) groups excluding carboxylic acids is 4. The number of para-hydroxylation sites is 1. The second kappa shape index (κ2) is 12.2. The van der Waals surface area contributed by atoms with Crippen molar-refractivity contribution in [3.05, 3.63) is 89.6 Å². The minimum Gasteiger partial charge on any atom is -0.445 e. The highest BCUT2D eigenvalue weighted by Crippen LogP contribution is 2.41. The molecular formula is C32H28N4O8. The molecule has 0 fully saturated rings. The summed E-state index contributed by atoms with van der Waals surface area (Å²) >= 11 is 0. The number of nitrogens with zero attached hydrogens (tertiary/aromatic N) is 4. The van der Waals surface area contributed by atoms with E-state index in [1.54, 1.807) is 10.9 Å². The van der Waals surface area contributed by atoms with Crippen LogP contribution in [0.3, 0.4) is 0 Å². The number of aromatic nitrogens is 2. The van der Waals surface area contributed by atoms with E-state index in [0.29, 0.717) is 11.3 Å². The molecule has 1 amide bonds. The molecule has 5 rings (SSSR count). The largest absolute Gasteiger partial charge is 0.445 e. The second-order valence-electron chi connectivity index (χ2n) is 9.89. The molecule has 1 aliphatic rings. The van der Waals surface area contributed by atoms with Gasteiger partial charge in [-0.05, 0) is 19.1 Å². The van der Waals surface area contributed by atoms with Crippen molar-refractivity contribution in [1.29, 1.82) is 0 Å². The Morgan fingerprint density at radius 3 is 1.95 bits per heavy atom. The molecule has 1 aromatic heterocycles. The van der Waals surface area contributed by atoms with E-state index < -0.39 is 30.0 Å². The first-order valence-corrected chi connectivity index (χ1v) is 13.5. The Bertz CT molecular complexity index is 1790.